The molecule has 0 N–H and O–H groups in total. The molecule has 214 valence electrons. The Morgan fingerprint density at radius 2 is 1.41 bits per heavy atom. The highest BCUT2D eigenvalue weighted by Gasteiger charge is 2.31. The van der Waals surface area contributed by atoms with E-state index in [0.717, 1.165) is 56.6 Å². The number of hydrogen-bond donors (Lipinski definition) is 0. The summed E-state index contributed by atoms with van der Waals surface area (Å²) in [6, 6.07) is 39.7. The first-order chi connectivity index (χ1) is 21.5. The Kier molecular flexibility index (Phi) is 6.08. The van der Waals surface area contributed by atoms with Crippen molar-refractivity contribution in [3.05, 3.63) is 138 Å². The molecule has 3 aromatic heterocycles. The van der Waals surface area contributed by atoms with E-state index in [4.69, 9.17) is 9.72 Å². The van der Waals surface area contributed by atoms with Crippen molar-refractivity contribution in [3.8, 4) is 17.3 Å². The number of aryl methyl sites for hydroxylation is 3. The molecule has 0 radical (unpaired) electrons. The summed E-state index contributed by atoms with van der Waals surface area (Å²) in [7, 11) is 0. The second kappa shape index (κ2) is 10.3. The highest BCUT2D eigenvalue weighted by molar-refractivity contribution is 6.09. The number of fused-ring (bicyclic) bond motifs is 4. The van der Waals surface area contributed by atoms with Crippen LogP contribution in [0, 0.1) is 20.8 Å². The monoisotopic (exact) mass is 573 g/mol. The molecule has 1 aliphatic heterocycles. The van der Waals surface area contributed by atoms with Gasteiger partial charge in [-0.05, 0) is 86.5 Å². The molecule has 0 bridgehead atoms. The van der Waals surface area contributed by atoms with Gasteiger partial charge in [-0.2, -0.15) is 0 Å². The minimum absolute atomic E-state index is 0.664. The summed E-state index contributed by atoms with van der Waals surface area (Å²) in [6.45, 7) is 7.05. The Balaban J connectivity index is 1.17. The summed E-state index contributed by atoms with van der Waals surface area (Å²) in [4.78, 5) is 14.3. The minimum Gasteiger partial charge on any atom is -0.457 e. The molecule has 44 heavy (non-hydrogen) atoms. The van der Waals surface area contributed by atoms with Crippen molar-refractivity contribution < 1.29 is 4.74 Å². The number of para-hydroxylation sites is 2. The third-order valence-corrected chi connectivity index (χ3v) is 8.42. The summed E-state index contributed by atoms with van der Waals surface area (Å²) in [6.07, 6.45) is 1.83. The summed E-state index contributed by atoms with van der Waals surface area (Å²) >= 11 is 0. The van der Waals surface area contributed by atoms with Crippen molar-refractivity contribution in [2.75, 3.05) is 16.5 Å². The van der Waals surface area contributed by atoms with Gasteiger partial charge in [0, 0.05) is 46.2 Å². The normalized spacial score (nSPS) is 12.7. The van der Waals surface area contributed by atoms with E-state index in [1.807, 2.05) is 49.5 Å². The van der Waals surface area contributed by atoms with Gasteiger partial charge in [-0.25, -0.2) is 9.97 Å². The van der Waals surface area contributed by atoms with Gasteiger partial charge in [0.15, 0.2) is 5.82 Å². The molecule has 0 unspecified atom stereocenters. The van der Waals surface area contributed by atoms with Crippen LogP contribution < -0.4 is 14.5 Å². The maximum Gasteiger partial charge on any atom is 0.158 e. The fourth-order valence-corrected chi connectivity index (χ4v) is 6.45. The standard InChI is InChI=1S/C38H31N5O/c1-25-10-8-11-26(2)37(25)42-24-41(38-34(42)20-17-27(3)40-38)28-12-9-13-29(22-28)44-30-18-19-32-31-14-4-5-15-33(31)43(35(32)23-30)36-16-6-7-21-39-36/h4-23H,24H2,1-3H3. The van der Waals surface area contributed by atoms with Crippen LogP contribution in [0.15, 0.2) is 121 Å². The van der Waals surface area contributed by atoms with Gasteiger partial charge in [0.05, 0.1) is 16.7 Å². The molecule has 8 rings (SSSR count). The molecule has 1 aliphatic rings. The van der Waals surface area contributed by atoms with Gasteiger partial charge in [-0.1, -0.05) is 48.5 Å². The Morgan fingerprint density at radius 1 is 0.636 bits per heavy atom. The van der Waals surface area contributed by atoms with Crippen molar-refractivity contribution >= 4 is 44.7 Å². The van der Waals surface area contributed by atoms with Crippen LogP contribution in [-0.4, -0.2) is 21.2 Å². The molecule has 0 atom stereocenters. The molecule has 0 fully saturated rings. The molecule has 0 amide bonds. The lowest BCUT2D eigenvalue weighted by atomic mass is 10.1. The number of pyridine rings is 2. The molecule has 7 aromatic rings. The second-order valence-corrected chi connectivity index (χ2v) is 11.4. The van der Waals surface area contributed by atoms with Crippen molar-refractivity contribution in [2.45, 2.75) is 20.8 Å². The number of aromatic nitrogens is 3. The molecule has 6 heteroatoms. The average molecular weight is 574 g/mol. The number of hydrogen-bond acceptors (Lipinski definition) is 5. The first-order valence-electron chi connectivity index (χ1n) is 14.9. The van der Waals surface area contributed by atoms with Crippen LogP contribution in [0.4, 0.5) is 22.9 Å². The van der Waals surface area contributed by atoms with Gasteiger partial charge >= 0.3 is 0 Å². The first-order valence-corrected chi connectivity index (χ1v) is 14.9. The lowest BCUT2D eigenvalue weighted by Crippen LogP contribution is -2.25. The van der Waals surface area contributed by atoms with Gasteiger partial charge < -0.3 is 14.5 Å². The lowest BCUT2D eigenvalue weighted by molar-refractivity contribution is 0.483. The summed E-state index contributed by atoms with van der Waals surface area (Å²) < 4.78 is 8.74. The first kappa shape index (κ1) is 26.0. The number of rotatable bonds is 5. The van der Waals surface area contributed by atoms with Crippen LogP contribution in [0.2, 0.25) is 0 Å². The molecular formula is C38H31N5O. The fraction of sp³-hybridized carbons (Fsp3) is 0.105. The van der Waals surface area contributed by atoms with Crippen LogP contribution in [-0.2, 0) is 0 Å². The molecule has 0 saturated carbocycles. The van der Waals surface area contributed by atoms with Crippen molar-refractivity contribution in [1.29, 1.82) is 0 Å². The van der Waals surface area contributed by atoms with Gasteiger partial charge in [-0.3, -0.25) is 4.57 Å². The maximum atomic E-state index is 6.54. The van der Waals surface area contributed by atoms with Crippen LogP contribution in [0.5, 0.6) is 11.5 Å². The third-order valence-electron chi connectivity index (χ3n) is 8.42. The smallest absolute Gasteiger partial charge is 0.158 e. The minimum atomic E-state index is 0.664. The fourth-order valence-electron chi connectivity index (χ4n) is 6.45. The molecule has 0 spiro atoms. The van der Waals surface area contributed by atoms with E-state index in [2.05, 4.69) is 112 Å². The van der Waals surface area contributed by atoms with Gasteiger partial charge in [-0.15, -0.1) is 0 Å². The molecule has 0 saturated heterocycles. The van der Waals surface area contributed by atoms with Crippen LogP contribution >= 0.6 is 0 Å². The Labute approximate surface area is 256 Å². The van der Waals surface area contributed by atoms with Crippen LogP contribution in [0.3, 0.4) is 0 Å². The lowest BCUT2D eigenvalue weighted by Gasteiger charge is -2.25. The Bertz CT molecular complexity index is 2170. The number of ether oxygens (including phenoxy) is 1. The van der Waals surface area contributed by atoms with E-state index in [-0.39, 0.29) is 0 Å². The number of anilines is 4. The molecule has 6 nitrogen and oxygen atoms in total. The van der Waals surface area contributed by atoms with Crippen molar-refractivity contribution in [2.24, 2.45) is 0 Å². The Hall–Kier alpha value is -5.62. The maximum absolute atomic E-state index is 6.54. The van der Waals surface area contributed by atoms with Crippen molar-refractivity contribution in [3.63, 3.8) is 0 Å². The molecule has 4 aromatic carbocycles. The van der Waals surface area contributed by atoms with E-state index in [0.29, 0.717) is 6.67 Å². The predicted octanol–water partition coefficient (Wildman–Crippen LogP) is 9.54. The molecule has 4 heterocycles. The quantitative estimate of drug-likeness (QED) is 0.205. The molecular weight excluding hydrogens is 542 g/mol. The van der Waals surface area contributed by atoms with E-state index in [1.165, 1.54) is 22.2 Å². The van der Waals surface area contributed by atoms with Gasteiger partial charge in [0.2, 0.25) is 0 Å². The summed E-state index contributed by atoms with van der Waals surface area (Å²) in [5.74, 6) is 3.36. The summed E-state index contributed by atoms with van der Waals surface area (Å²) in [5.41, 5.74) is 9.00. The number of nitrogens with zero attached hydrogens (tertiary/aromatic N) is 5. The van der Waals surface area contributed by atoms with Crippen LogP contribution in [0.25, 0.3) is 27.6 Å². The zero-order valence-corrected chi connectivity index (χ0v) is 24.9. The van der Waals surface area contributed by atoms with Crippen LogP contribution in [0.1, 0.15) is 16.8 Å². The average Bonchev–Trinajstić information content (AvgIpc) is 3.57. The summed E-state index contributed by atoms with van der Waals surface area (Å²) in [5, 5.41) is 2.35. The van der Waals surface area contributed by atoms with E-state index >= 15 is 0 Å². The van der Waals surface area contributed by atoms with Gasteiger partial charge in [0.1, 0.15) is 24.0 Å². The number of benzene rings is 4. The highest BCUT2D eigenvalue weighted by atomic mass is 16.5. The van der Waals surface area contributed by atoms with Crippen molar-refractivity contribution in [1.82, 2.24) is 14.5 Å². The predicted molar refractivity (Wildman–Crippen MR) is 179 cm³/mol. The zero-order valence-electron chi connectivity index (χ0n) is 24.9. The van der Waals surface area contributed by atoms with E-state index < -0.39 is 0 Å². The zero-order chi connectivity index (χ0) is 29.8. The largest absolute Gasteiger partial charge is 0.457 e. The highest BCUT2D eigenvalue weighted by Crippen LogP contribution is 2.45. The third kappa shape index (κ3) is 4.26. The van der Waals surface area contributed by atoms with E-state index in [9.17, 15) is 0 Å². The Morgan fingerprint density at radius 3 is 2.25 bits per heavy atom. The van der Waals surface area contributed by atoms with Gasteiger partial charge in [0.25, 0.3) is 0 Å². The SMILES string of the molecule is Cc1ccc2c(n1)N(c1cccc(Oc3ccc4c5ccccc5n(-c5ccccn5)c4c3)c1)CN2c1c(C)cccc1C. The second-order valence-electron chi connectivity index (χ2n) is 11.4. The molecule has 0 aliphatic carbocycles. The van der Waals surface area contributed by atoms with E-state index in [1.54, 1.807) is 0 Å². The topological polar surface area (TPSA) is 46.4 Å².